The van der Waals surface area contributed by atoms with Gasteiger partial charge in [0.05, 0.1) is 0 Å². The number of rotatable bonds is 2. The first-order valence-electron chi connectivity index (χ1n) is 7.96. The maximum atomic E-state index is 4.36. The van der Waals surface area contributed by atoms with Gasteiger partial charge in [0.25, 0.3) is 0 Å². The maximum absolute atomic E-state index is 4.36. The van der Waals surface area contributed by atoms with Crippen LogP contribution in [0.25, 0.3) is 12.2 Å². The van der Waals surface area contributed by atoms with Crippen molar-refractivity contribution >= 4 is 40.5 Å². The van der Waals surface area contributed by atoms with Crippen LogP contribution in [0.2, 0.25) is 0 Å². The van der Waals surface area contributed by atoms with Crippen LogP contribution >= 0.6 is 24.6 Å². The average Bonchev–Trinajstić information content (AvgIpc) is 3.20. The van der Waals surface area contributed by atoms with Crippen molar-refractivity contribution in [3.8, 4) is 0 Å². The molecule has 116 valence electrons. The summed E-state index contributed by atoms with van der Waals surface area (Å²) in [6, 6.07) is 17.6. The Hall–Kier alpha value is -0.380. The van der Waals surface area contributed by atoms with Gasteiger partial charge >= 0.3 is 151 Å². The topological polar surface area (TPSA) is 0 Å². The van der Waals surface area contributed by atoms with Crippen LogP contribution < -0.4 is 0 Å². The Morgan fingerprint density at radius 3 is 1.65 bits per heavy atom. The third kappa shape index (κ3) is 2.34. The molecule has 2 atom stereocenters. The molecule has 3 heteroatoms. The van der Waals surface area contributed by atoms with Gasteiger partial charge in [-0.15, -0.1) is 0 Å². The second kappa shape index (κ2) is 5.57. The van der Waals surface area contributed by atoms with Gasteiger partial charge in [-0.2, -0.15) is 0 Å². The van der Waals surface area contributed by atoms with Crippen molar-refractivity contribution < 1.29 is 13.4 Å². The van der Waals surface area contributed by atoms with Gasteiger partial charge in [-0.1, -0.05) is 0 Å². The third-order valence-corrected chi connectivity index (χ3v) is 45.1. The number of hydrogen-bond donors (Lipinski definition) is 0. The van der Waals surface area contributed by atoms with Crippen LogP contribution in [0.5, 0.6) is 0 Å². The zero-order valence-electron chi connectivity index (χ0n) is 12.9. The van der Waals surface area contributed by atoms with Gasteiger partial charge in [-0.25, -0.2) is 0 Å². The summed E-state index contributed by atoms with van der Waals surface area (Å²) in [5.41, 5.74) is 5.62. The zero-order chi connectivity index (χ0) is 16.1. The van der Waals surface area contributed by atoms with Crippen LogP contribution in [0, 0.1) is 0 Å². The van der Waals surface area contributed by atoms with E-state index >= 15 is 0 Å². The van der Waals surface area contributed by atoms with Gasteiger partial charge in [0.2, 0.25) is 0 Å². The van der Waals surface area contributed by atoms with Gasteiger partial charge in [-0.3, -0.25) is 0 Å². The van der Waals surface area contributed by atoms with E-state index in [1.807, 2.05) is 0 Å². The molecular formula is C20H18Br2Hf. The normalized spacial score (nSPS) is 22.1. The number of halogens is 2. The van der Waals surface area contributed by atoms with E-state index in [-0.39, 0.29) is 0 Å². The quantitative estimate of drug-likeness (QED) is 0.341. The molecule has 2 unspecified atom stereocenters. The number of hydrogen-bond acceptors (Lipinski definition) is 0. The van der Waals surface area contributed by atoms with E-state index in [1.165, 1.54) is 22.3 Å². The molecule has 0 nitrogen and oxygen atoms in total. The summed E-state index contributed by atoms with van der Waals surface area (Å²) in [6.07, 6.45) is 9.37. The molecule has 2 aromatic carbocycles. The summed E-state index contributed by atoms with van der Waals surface area (Å²) >= 11 is 4.98. The Morgan fingerprint density at radius 1 is 0.783 bits per heavy atom. The first-order chi connectivity index (χ1) is 11.0. The molecule has 0 saturated carbocycles. The number of allylic oxidation sites excluding steroid dienone is 2. The van der Waals surface area contributed by atoms with Crippen molar-refractivity contribution in [3.63, 3.8) is 0 Å². The van der Waals surface area contributed by atoms with E-state index in [0.717, 1.165) is 0 Å². The van der Waals surface area contributed by atoms with Gasteiger partial charge in [0.15, 0.2) is 0 Å². The molecule has 0 aromatic heterocycles. The molecule has 4 rings (SSSR count). The van der Waals surface area contributed by atoms with Crippen LogP contribution in [-0.4, -0.2) is 3.76 Å². The van der Waals surface area contributed by atoms with Gasteiger partial charge in [0, 0.05) is 0 Å². The molecule has 0 saturated heterocycles. The number of fused-ring (bicyclic) bond motifs is 2. The molecule has 2 aliphatic rings. The molecule has 0 bridgehead atoms. The summed E-state index contributed by atoms with van der Waals surface area (Å²) in [7, 11) is 0. The molecule has 23 heavy (non-hydrogen) atoms. The summed E-state index contributed by atoms with van der Waals surface area (Å²) < 4.78 is 3.36. The summed E-state index contributed by atoms with van der Waals surface area (Å²) in [4.78, 5) is 0. The van der Waals surface area contributed by atoms with Gasteiger partial charge in [0.1, 0.15) is 0 Å². The van der Waals surface area contributed by atoms with E-state index in [2.05, 4.69) is 108 Å². The predicted octanol–water partition coefficient (Wildman–Crippen LogP) is 6.65. The summed E-state index contributed by atoms with van der Waals surface area (Å²) in [5.74, 6) is 0. The van der Waals surface area contributed by atoms with E-state index < -0.39 is 13.4 Å². The van der Waals surface area contributed by atoms with Crippen LogP contribution in [-0.2, 0) is 13.4 Å². The average molecular weight is 597 g/mol. The Morgan fingerprint density at radius 2 is 1.22 bits per heavy atom. The van der Waals surface area contributed by atoms with Crippen molar-refractivity contribution in [2.24, 2.45) is 0 Å². The molecule has 0 aliphatic heterocycles. The van der Waals surface area contributed by atoms with Gasteiger partial charge < -0.3 is 0 Å². The Bertz CT molecular complexity index is 847. The first-order valence-corrected chi connectivity index (χ1v) is 29.9. The first kappa shape index (κ1) is 16.1. The molecule has 0 N–H and O–H groups in total. The molecule has 0 radical (unpaired) electrons. The molecule has 0 spiro atoms. The minimum absolute atomic E-state index is 0.439. The van der Waals surface area contributed by atoms with Crippen molar-refractivity contribution in [2.75, 3.05) is 0 Å². The Labute approximate surface area is 149 Å². The van der Waals surface area contributed by atoms with Crippen molar-refractivity contribution in [1.82, 2.24) is 0 Å². The van der Waals surface area contributed by atoms with Gasteiger partial charge in [-0.05, 0) is 0 Å². The van der Waals surface area contributed by atoms with Crippen LogP contribution in [0.15, 0.2) is 60.7 Å². The Kier molecular flexibility index (Phi) is 3.90. The number of benzene rings is 2. The summed E-state index contributed by atoms with van der Waals surface area (Å²) in [5, 5.41) is 0. The van der Waals surface area contributed by atoms with Crippen molar-refractivity contribution in [2.45, 2.75) is 14.3 Å². The third-order valence-electron chi connectivity index (χ3n) is 5.34. The van der Waals surface area contributed by atoms with E-state index in [9.17, 15) is 0 Å². The summed E-state index contributed by atoms with van der Waals surface area (Å²) in [6.45, 7) is 2.22. The standard InChI is InChI=1S/2C9H7.C2H4.2BrH.Hf/c2*1-2-5-9-7-3-6-8(9)4-1;1-2;;;/h2*1-7H;1H,2H3;2*1H;/q;;;;;+2/p-2. The predicted molar refractivity (Wildman–Crippen MR) is 106 cm³/mol. The Balaban J connectivity index is 1.92. The fourth-order valence-electron chi connectivity index (χ4n) is 4.01. The SMILES string of the molecule is C[CH]=[Hf]([Br])([Br])([CH]1C=Cc2ccccc21)[CH]1C=Cc2ccccc21. The van der Waals surface area contributed by atoms with Crippen molar-refractivity contribution in [1.29, 1.82) is 0 Å². The minimum atomic E-state index is -3.74. The fourth-order valence-corrected chi connectivity index (χ4v) is 30.5. The second-order valence-corrected chi connectivity index (χ2v) is 59.5. The van der Waals surface area contributed by atoms with E-state index in [0.29, 0.717) is 7.35 Å². The fraction of sp³-hybridized carbons (Fsp3) is 0.150. The second-order valence-electron chi connectivity index (χ2n) is 6.45. The van der Waals surface area contributed by atoms with Crippen LogP contribution in [0.3, 0.4) is 0 Å². The van der Waals surface area contributed by atoms with Crippen molar-refractivity contribution in [3.05, 3.63) is 82.9 Å². The van der Waals surface area contributed by atoms with Crippen LogP contribution in [0.1, 0.15) is 36.5 Å². The monoisotopic (exact) mass is 596 g/mol. The molecular weight excluding hydrogens is 579 g/mol. The molecule has 2 aliphatic carbocycles. The molecule has 2 aromatic rings. The molecule has 0 amide bonds. The molecule has 0 fully saturated rings. The van der Waals surface area contributed by atoms with Crippen LogP contribution in [0.4, 0.5) is 0 Å². The van der Waals surface area contributed by atoms with E-state index in [1.54, 1.807) is 0 Å². The zero-order valence-corrected chi connectivity index (χ0v) is 19.7. The molecule has 0 heterocycles. The van der Waals surface area contributed by atoms with E-state index in [4.69, 9.17) is 0 Å².